The third-order valence-electron chi connectivity index (χ3n) is 5.43. The van der Waals surface area contributed by atoms with Crippen molar-refractivity contribution in [2.45, 2.75) is 57.4 Å². The van der Waals surface area contributed by atoms with Crippen molar-refractivity contribution in [1.82, 2.24) is 24.8 Å². The van der Waals surface area contributed by atoms with Crippen LogP contribution in [0.5, 0.6) is 0 Å². The van der Waals surface area contributed by atoms with E-state index in [0.29, 0.717) is 11.7 Å². The summed E-state index contributed by atoms with van der Waals surface area (Å²) in [5.41, 5.74) is 0.809. The van der Waals surface area contributed by atoms with Gasteiger partial charge in [0.1, 0.15) is 0 Å². The molecule has 0 spiro atoms. The molecule has 2 aromatic rings. The van der Waals surface area contributed by atoms with Crippen molar-refractivity contribution in [3.63, 3.8) is 0 Å². The number of hydrogen-bond acceptors (Lipinski definition) is 5. The minimum Gasteiger partial charge on any atom is -0.334 e. The van der Waals surface area contributed by atoms with Crippen LogP contribution in [0.1, 0.15) is 63.2 Å². The smallest absolute Gasteiger partial charge is 0.261 e. The zero-order valence-corrected chi connectivity index (χ0v) is 14.7. The van der Waals surface area contributed by atoms with Crippen LogP contribution in [0, 0.1) is 5.92 Å². The van der Waals surface area contributed by atoms with Gasteiger partial charge in [0.15, 0.2) is 5.82 Å². The first-order valence-corrected chi connectivity index (χ1v) is 9.35. The van der Waals surface area contributed by atoms with Gasteiger partial charge in [-0.25, -0.2) is 0 Å². The Morgan fingerprint density at radius 2 is 1.96 bits per heavy atom. The van der Waals surface area contributed by atoms with E-state index >= 15 is 0 Å². The first-order chi connectivity index (χ1) is 12.2. The fourth-order valence-electron chi connectivity index (χ4n) is 4.07. The van der Waals surface area contributed by atoms with Crippen LogP contribution in [-0.4, -0.2) is 37.3 Å². The van der Waals surface area contributed by atoms with E-state index in [4.69, 9.17) is 4.52 Å². The van der Waals surface area contributed by atoms with Gasteiger partial charge in [-0.1, -0.05) is 30.8 Å². The molecule has 0 radical (unpaired) electrons. The third kappa shape index (κ3) is 3.32. The van der Waals surface area contributed by atoms with Gasteiger partial charge >= 0.3 is 0 Å². The van der Waals surface area contributed by atoms with Crippen LogP contribution in [-0.2, 0) is 11.8 Å². The number of aryl methyl sites for hydroxylation is 1. The SMILES string of the molecule is Cn1cc(-c2nc([C@H]3CCCCCN3C(=O)C3CCCC3)no2)cn1. The number of rotatable bonds is 3. The summed E-state index contributed by atoms with van der Waals surface area (Å²) in [6.07, 6.45) is 12.2. The largest absolute Gasteiger partial charge is 0.334 e. The Hall–Kier alpha value is -2.18. The van der Waals surface area contributed by atoms with Gasteiger partial charge < -0.3 is 9.42 Å². The van der Waals surface area contributed by atoms with E-state index in [1.807, 2.05) is 18.1 Å². The molecular weight excluding hydrogens is 318 g/mol. The molecule has 1 amide bonds. The molecule has 1 atom stereocenters. The summed E-state index contributed by atoms with van der Waals surface area (Å²) in [5, 5.41) is 8.36. The summed E-state index contributed by atoms with van der Waals surface area (Å²) in [7, 11) is 1.86. The van der Waals surface area contributed by atoms with Gasteiger partial charge in [0.25, 0.3) is 5.89 Å². The van der Waals surface area contributed by atoms with Crippen molar-refractivity contribution in [3.05, 3.63) is 18.2 Å². The maximum Gasteiger partial charge on any atom is 0.261 e. The molecule has 7 heteroatoms. The fourth-order valence-corrected chi connectivity index (χ4v) is 4.07. The molecule has 0 aromatic carbocycles. The maximum absolute atomic E-state index is 13.0. The first-order valence-electron chi connectivity index (χ1n) is 9.35. The van der Waals surface area contributed by atoms with E-state index in [-0.39, 0.29) is 17.9 Å². The molecule has 1 aliphatic heterocycles. The molecule has 0 unspecified atom stereocenters. The number of carbonyl (C=O) groups is 1. The van der Waals surface area contributed by atoms with Gasteiger partial charge in [0.2, 0.25) is 5.91 Å². The molecule has 4 rings (SSSR count). The van der Waals surface area contributed by atoms with Gasteiger partial charge in [-0.2, -0.15) is 10.1 Å². The molecule has 0 N–H and O–H groups in total. The summed E-state index contributed by atoms with van der Waals surface area (Å²) in [6, 6.07) is -0.0650. The van der Waals surface area contributed by atoms with Gasteiger partial charge in [-0.05, 0) is 25.7 Å². The van der Waals surface area contributed by atoms with Crippen LogP contribution >= 0.6 is 0 Å². The Kier molecular flexibility index (Phi) is 4.55. The topological polar surface area (TPSA) is 77.0 Å². The van der Waals surface area contributed by atoms with Crippen molar-refractivity contribution < 1.29 is 9.32 Å². The zero-order valence-electron chi connectivity index (χ0n) is 14.7. The average Bonchev–Trinajstić information content (AvgIpc) is 3.34. The molecule has 134 valence electrons. The lowest BCUT2D eigenvalue weighted by Gasteiger charge is -2.30. The van der Waals surface area contributed by atoms with Crippen LogP contribution in [0.2, 0.25) is 0 Å². The Morgan fingerprint density at radius 3 is 2.72 bits per heavy atom. The molecule has 7 nitrogen and oxygen atoms in total. The highest BCUT2D eigenvalue weighted by Gasteiger charge is 2.35. The van der Waals surface area contributed by atoms with E-state index in [1.165, 1.54) is 12.8 Å². The number of amides is 1. The van der Waals surface area contributed by atoms with Crippen molar-refractivity contribution in [1.29, 1.82) is 0 Å². The van der Waals surface area contributed by atoms with Crippen LogP contribution in [0.3, 0.4) is 0 Å². The summed E-state index contributed by atoms with van der Waals surface area (Å²) >= 11 is 0. The molecule has 2 fully saturated rings. The second-order valence-electron chi connectivity index (χ2n) is 7.24. The van der Waals surface area contributed by atoms with Crippen LogP contribution < -0.4 is 0 Å². The van der Waals surface area contributed by atoms with Crippen LogP contribution in [0.4, 0.5) is 0 Å². The second kappa shape index (κ2) is 6.98. The van der Waals surface area contributed by atoms with Crippen LogP contribution in [0.25, 0.3) is 11.5 Å². The molecule has 3 heterocycles. The molecule has 2 aromatic heterocycles. The molecule has 2 aliphatic rings. The van der Waals surface area contributed by atoms with Gasteiger partial charge in [-0.3, -0.25) is 9.48 Å². The summed E-state index contributed by atoms with van der Waals surface area (Å²) in [4.78, 5) is 19.7. The number of nitrogens with zero attached hydrogens (tertiary/aromatic N) is 5. The zero-order chi connectivity index (χ0) is 17.2. The number of likely N-dealkylation sites (tertiary alicyclic amines) is 1. The Morgan fingerprint density at radius 1 is 1.16 bits per heavy atom. The quantitative estimate of drug-likeness (QED) is 0.856. The van der Waals surface area contributed by atoms with E-state index in [2.05, 4.69) is 15.2 Å². The average molecular weight is 343 g/mol. The third-order valence-corrected chi connectivity index (χ3v) is 5.43. The lowest BCUT2D eigenvalue weighted by Crippen LogP contribution is -2.38. The second-order valence-corrected chi connectivity index (χ2v) is 7.24. The molecule has 1 saturated heterocycles. The molecular formula is C18H25N5O2. The number of aromatic nitrogens is 4. The predicted octanol–water partition coefficient (Wildman–Crippen LogP) is 3.10. The minimum absolute atomic E-state index is 0.0650. The van der Waals surface area contributed by atoms with Crippen molar-refractivity contribution in [2.24, 2.45) is 13.0 Å². The molecule has 0 bridgehead atoms. The van der Waals surface area contributed by atoms with Gasteiger partial charge in [0.05, 0.1) is 17.8 Å². The van der Waals surface area contributed by atoms with E-state index in [0.717, 1.165) is 50.6 Å². The normalized spacial score (nSPS) is 22.3. The minimum atomic E-state index is -0.0650. The fraction of sp³-hybridized carbons (Fsp3) is 0.667. The lowest BCUT2D eigenvalue weighted by atomic mass is 10.0. The lowest BCUT2D eigenvalue weighted by molar-refractivity contribution is -0.138. The van der Waals surface area contributed by atoms with Crippen molar-refractivity contribution in [3.8, 4) is 11.5 Å². The van der Waals surface area contributed by atoms with Crippen molar-refractivity contribution in [2.75, 3.05) is 6.54 Å². The predicted molar refractivity (Wildman–Crippen MR) is 91.4 cm³/mol. The van der Waals surface area contributed by atoms with E-state index in [9.17, 15) is 4.79 Å². The highest BCUT2D eigenvalue weighted by molar-refractivity contribution is 5.79. The molecule has 1 aliphatic carbocycles. The summed E-state index contributed by atoms with van der Waals surface area (Å²) in [6.45, 7) is 0.802. The Bertz CT molecular complexity index is 731. The van der Waals surface area contributed by atoms with Crippen molar-refractivity contribution >= 4 is 5.91 Å². The highest BCUT2D eigenvalue weighted by atomic mass is 16.5. The summed E-state index contributed by atoms with van der Waals surface area (Å²) in [5.74, 6) is 1.58. The number of hydrogen-bond donors (Lipinski definition) is 0. The van der Waals surface area contributed by atoms with Gasteiger partial charge in [-0.15, -0.1) is 0 Å². The molecule has 25 heavy (non-hydrogen) atoms. The standard InChI is InChI=1S/C18H25N5O2/c1-22-12-14(11-19-22)17-20-16(21-25-17)15-9-3-2-6-10-23(15)18(24)13-7-4-5-8-13/h11-13,15H,2-10H2,1H3/t15-/m1/s1. The maximum atomic E-state index is 13.0. The Labute approximate surface area is 147 Å². The monoisotopic (exact) mass is 343 g/mol. The van der Waals surface area contributed by atoms with E-state index in [1.54, 1.807) is 10.9 Å². The molecule has 1 saturated carbocycles. The summed E-state index contributed by atoms with van der Waals surface area (Å²) < 4.78 is 7.17. The van der Waals surface area contributed by atoms with Gasteiger partial charge in [0, 0.05) is 25.7 Å². The number of carbonyl (C=O) groups excluding carboxylic acids is 1. The Balaban J connectivity index is 1.59. The first kappa shape index (κ1) is 16.3. The van der Waals surface area contributed by atoms with E-state index < -0.39 is 0 Å². The highest BCUT2D eigenvalue weighted by Crippen LogP contribution is 2.34. The van der Waals surface area contributed by atoms with Crippen LogP contribution in [0.15, 0.2) is 16.9 Å².